The lowest BCUT2D eigenvalue weighted by molar-refractivity contribution is 0.250. The van der Waals surface area contributed by atoms with Crippen LogP contribution in [0.15, 0.2) is 52.3 Å². The molecule has 1 fully saturated rings. The number of hydrogen-bond donors (Lipinski definition) is 4. The van der Waals surface area contributed by atoms with Gasteiger partial charge < -0.3 is 10.6 Å². The number of rotatable bonds is 5. The molecule has 0 atom stereocenters. The maximum atomic E-state index is 12.7. The van der Waals surface area contributed by atoms with Crippen molar-refractivity contribution in [3.63, 3.8) is 0 Å². The second-order valence-electron chi connectivity index (χ2n) is 6.07. The molecule has 2 aromatic carbocycles. The zero-order valence-electron chi connectivity index (χ0n) is 14.1. The van der Waals surface area contributed by atoms with E-state index < -0.39 is 9.84 Å². The van der Waals surface area contributed by atoms with Gasteiger partial charge in [-0.05, 0) is 42.5 Å². The van der Waals surface area contributed by atoms with E-state index in [9.17, 15) is 13.2 Å². The predicted molar refractivity (Wildman–Crippen MR) is 105 cm³/mol. The Morgan fingerprint density at radius 3 is 2.26 bits per heavy atom. The van der Waals surface area contributed by atoms with E-state index in [4.69, 9.17) is 23.2 Å². The summed E-state index contributed by atoms with van der Waals surface area (Å²) in [7, 11) is -3.73. The molecule has 1 saturated heterocycles. The lowest BCUT2D eigenvalue weighted by Gasteiger charge is -2.11. The fourth-order valence-corrected chi connectivity index (χ4v) is 4.21. The average Bonchev–Trinajstić information content (AvgIpc) is 3.16. The second kappa shape index (κ2) is 8.45. The number of carbonyl (C=O) groups is 1. The Balaban J connectivity index is 1.65. The standard InChI is InChI=1S/C17H18Cl2N4O3S/c18-15-6-5-14(7-16(15)19)27(25,26)13-3-1-12(2-4-13)23-17(24)20-8-11-9-21-22-10-11/h1-7,11,21-22H,8-10H2,(H2,20,23,24). The lowest BCUT2D eigenvalue weighted by Crippen LogP contribution is -2.34. The van der Waals surface area contributed by atoms with Crippen molar-refractivity contribution in [3.8, 4) is 0 Å². The Labute approximate surface area is 167 Å². The maximum absolute atomic E-state index is 12.7. The second-order valence-corrected chi connectivity index (χ2v) is 8.83. The summed E-state index contributed by atoms with van der Waals surface area (Å²) in [6.45, 7) is 2.12. The molecule has 4 N–H and O–H groups in total. The summed E-state index contributed by atoms with van der Waals surface area (Å²) in [5.74, 6) is 0.328. The number of urea groups is 1. The van der Waals surface area contributed by atoms with Gasteiger partial charge in [0.15, 0.2) is 0 Å². The Morgan fingerprint density at radius 2 is 1.63 bits per heavy atom. The quantitative estimate of drug-likeness (QED) is 0.586. The summed E-state index contributed by atoms with van der Waals surface area (Å²) < 4.78 is 25.3. The summed E-state index contributed by atoms with van der Waals surface area (Å²) >= 11 is 11.7. The van der Waals surface area contributed by atoms with Crippen LogP contribution in [-0.4, -0.2) is 34.1 Å². The van der Waals surface area contributed by atoms with Crippen LogP contribution in [0.3, 0.4) is 0 Å². The molecule has 10 heteroatoms. The van der Waals surface area contributed by atoms with Gasteiger partial charge >= 0.3 is 6.03 Å². The van der Waals surface area contributed by atoms with E-state index in [0.717, 1.165) is 13.1 Å². The van der Waals surface area contributed by atoms with Gasteiger partial charge in [0.25, 0.3) is 0 Å². The molecule has 0 unspecified atom stereocenters. The summed E-state index contributed by atoms with van der Waals surface area (Å²) in [5.41, 5.74) is 6.47. The van der Waals surface area contributed by atoms with Crippen LogP contribution < -0.4 is 21.5 Å². The number of amides is 2. The van der Waals surface area contributed by atoms with E-state index in [0.29, 0.717) is 18.2 Å². The number of sulfone groups is 1. The number of hydrogen-bond acceptors (Lipinski definition) is 5. The average molecular weight is 429 g/mol. The first-order valence-electron chi connectivity index (χ1n) is 8.17. The van der Waals surface area contributed by atoms with Gasteiger partial charge in [-0.2, -0.15) is 0 Å². The van der Waals surface area contributed by atoms with Crippen LogP contribution in [0.4, 0.5) is 10.5 Å². The Kier molecular flexibility index (Phi) is 6.23. The van der Waals surface area contributed by atoms with Crippen molar-refractivity contribution in [3.05, 3.63) is 52.5 Å². The van der Waals surface area contributed by atoms with E-state index >= 15 is 0 Å². The highest BCUT2D eigenvalue weighted by Gasteiger charge is 2.19. The van der Waals surface area contributed by atoms with Crippen molar-refractivity contribution in [2.24, 2.45) is 5.92 Å². The number of nitrogens with one attached hydrogen (secondary N) is 4. The smallest absolute Gasteiger partial charge is 0.319 e. The van der Waals surface area contributed by atoms with Crippen molar-refractivity contribution in [1.29, 1.82) is 0 Å². The molecule has 2 aromatic rings. The summed E-state index contributed by atoms with van der Waals surface area (Å²) in [5, 5.41) is 5.91. The molecule has 1 heterocycles. The largest absolute Gasteiger partial charge is 0.337 e. The first-order chi connectivity index (χ1) is 12.9. The molecular formula is C17H18Cl2N4O3S. The number of halogens is 2. The fraction of sp³-hybridized carbons (Fsp3) is 0.235. The third kappa shape index (κ3) is 4.91. The third-order valence-electron chi connectivity index (χ3n) is 4.08. The van der Waals surface area contributed by atoms with Crippen LogP contribution in [0.25, 0.3) is 0 Å². The predicted octanol–water partition coefficient (Wildman–Crippen LogP) is 2.67. The van der Waals surface area contributed by atoms with E-state index in [1.807, 2.05) is 0 Å². The van der Waals surface area contributed by atoms with Crippen molar-refractivity contribution >= 4 is 44.8 Å². The van der Waals surface area contributed by atoms with Crippen LogP contribution in [-0.2, 0) is 9.84 Å². The normalized spacial score (nSPS) is 14.9. The molecular weight excluding hydrogens is 411 g/mol. The minimum Gasteiger partial charge on any atom is -0.337 e. The SMILES string of the molecule is O=C(NCC1CNNC1)Nc1ccc(S(=O)(=O)c2ccc(Cl)c(Cl)c2)cc1. The van der Waals surface area contributed by atoms with Crippen LogP contribution in [0.1, 0.15) is 0 Å². The molecule has 1 aliphatic heterocycles. The highest BCUT2D eigenvalue weighted by Crippen LogP contribution is 2.28. The Morgan fingerprint density at radius 1 is 1.00 bits per heavy atom. The molecule has 0 bridgehead atoms. The van der Waals surface area contributed by atoms with E-state index in [-0.39, 0.29) is 25.9 Å². The van der Waals surface area contributed by atoms with E-state index in [1.54, 1.807) is 0 Å². The van der Waals surface area contributed by atoms with Gasteiger partial charge in [0.05, 0.1) is 19.8 Å². The van der Waals surface area contributed by atoms with E-state index in [1.165, 1.54) is 42.5 Å². The van der Waals surface area contributed by atoms with Crippen molar-refractivity contribution in [2.45, 2.75) is 9.79 Å². The fourth-order valence-electron chi connectivity index (χ4n) is 2.56. The number of benzene rings is 2. The van der Waals surface area contributed by atoms with Crippen molar-refractivity contribution in [1.82, 2.24) is 16.2 Å². The number of carbonyl (C=O) groups excluding carboxylic acids is 1. The minimum atomic E-state index is -3.73. The molecule has 0 spiro atoms. The van der Waals surface area contributed by atoms with Gasteiger partial charge in [0.1, 0.15) is 0 Å². The molecule has 0 aromatic heterocycles. The minimum absolute atomic E-state index is 0.0501. The molecule has 0 saturated carbocycles. The molecule has 1 aliphatic rings. The molecule has 0 radical (unpaired) electrons. The van der Waals surface area contributed by atoms with Gasteiger partial charge in [-0.3, -0.25) is 10.9 Å². The van der Waals surface area contributed by atoms with Gasteiger partial charge in [0, 0.05) is 31.2 Å². The van der Waals surface area contributed by atoms with Crippen LogP contribution in [0.2, 0.25) is 10.0 Å². The molecule has 144 valence electrons. The summed E-state index contributed by atoms with van der Waals surface area (Å²) in [6, 6.07) is 9.72. The first-order valence-corrected chi connectivity index (χ1v) is 10.4. The zero-order valence-corrected chi connectivity index (χ0v) is 16.5. The maximum Gasteiger partial charge on any atom is 0.319 e. The van der Waals surface area contributed by atoms with Crippen molar-refractivity contribution in [2.75, 3.05) is 25.0 Å². The molecule has 0 aliphatic carbocycles. The van der Waals surface area contributed by atoms with Gasteiger partial charge in [-0.1, -0.05) is 23.2 Å². The third-order valence-corrected chi connectivity index (χ3v) is 6.59. The first kappa shape index (κ1) is 19.9. The monoisotopic (exact) mass is 428 g/mol. The Hall–Kier alpha value is -1.84. The van der Waals surface area contributed by atoms with Gasteiger partial charge in [0.2, 0.25) is 9.84 Å². The zero-order chi connectivity index (χ0) is 19.4. The molecule has 2 amide bonds. The topological polar surface area (TPSA) is 99.3 Å². The summed E-state index contributed by atoms with van der Waals surface area (Å²) in [6.07, 6.45) is 0. The van der Waals surface area contributed by atoms with E-state index in [2.05, 4.69) is 21.5 Å². The molecule has 7 nitrogen and oxygen atoms in total. The number of hydrazine groups is 1. The molecule has 3 rings (SSSR count). The Bertz CT molecular complexity index is 930. The van der Waals surface area contributed by atoms with Gasteiger partial charge in [-0.15, -0.1) is 0 Å². The van der Waals surface area contributed by atoms with Crippen LogP contribution in [0, 0.1) is 5.92 Å². The highest BCUT2D eigenvalue weighted by molar-refractivity contribution is 7.91. The molecule has 27 heavy (non-hydrogen) atoms. The van der Waals surface area contributed by atoms with Crippen LogP contribution in [0.5, 0.6) is 0 Å². The summed E-state index contributed by atoms with van der Waals surface area (Å²) in [4.78, 5) is 12.1. The number of anilines is 1. The highest BCUT2D eigenvalue weighted by atomic mass is 35.5. The van der Waals surface area contributed by atoms with Crippen molar-refractivity contribution < 1.29 is 13.2 Å². The van der Waals surface area contributed by atoms with Crippen LogP contribution >= 0.6 is 23.2 Å². The van der Waals surface area contributed by atoms with Gasteiger partial charge in [-0.25, -0.2) is 13.2 Å². The lowest BCUT2D eigenvalue weighted by atomic mass is 10.2.